The van der Waals surface area contributed by atoms with Crippen LogP contribution in [-0.4, -0.2) is 21.1 Å². The average molecular weight is 469 g/mol. The van der Waals surface area contributed by atoms with Gasteiger partial charge >= 0.3 is 0 Å². The van der Waals surface area contributed by atoms with E-state index in [4.69, 9.17) is 27.9 Å². The Morgan fingerprint density at radius 2 is 1.58 bits per heavy atom. The molecule has 31 heavy (non-hydrogen) atoms. The molecule has 5 nitrogen and oxygen atoms in total. The van der Waals surface area contributed by atoms with Gasteiger partial charge in [-0.15, -0.1) is 10.2 Å². The van der Waals surface area contributed by atoms with Crippen LogP contribution >= 0.6 is 35.0 Å². The highest BCUT2D eigenvalue weighted by Gasteiger charge is 2.06. The van der Waals surface area contributed by atoms with Crippen molar-refractivity contribution < 1.29 is 4.74 Å². The zero-order valence-corrected chi connectivity index (χ0v) is 18.7. The largest absolute Gasteiger partial charge is 0.489 e. The van der Waals surface area contributed by atoms with E-state index in [0.29, 0.717) is 22.5 Å². The summed E-state index contributed by atoms with van der Waals surface area (Å²) in [4.78, 5) is 0. The smallest absolute Gasteiger partial charge is 0.212 e. The van der Waals surface area contributed by atoms with Crippen molar-refractivity contribution in [1.82, 2.24) is 14.9 Å². The lowest BCUT2D eigenvalue weighted by Crippen LogP contribution is -1.96. The molecule has 0 aliphatic rings. The summed E-state index contributed by atoms with van der Waals surface area (Å²) in [6.07, 6.45) is 3.33. The maximum absolute atomic E-state index is 6.22. The van der Waals surface area contributed by atoms with E-state index in [9.17, 15) is 0 Å². The van der Waals surface area contributed by atoms with E-state index in [1.165, 1.54) is 11.8 Å². The third-order valence-electron chi connectivity index (χ3n) is 4.38. The van der Waals surface area contributed by atoms with Gasteiger partial charge in [0.05, 0.1) is 6.21 Å². The normalized spacial score (nSPS) is 11.2. The first-order chi connectivity index (χ1) is 15.2. The van der Waals surface area contributed by atoms with Gasteiger partial charge in [-0.2, -0.15) is 9.78 Å². The van der Waals surface area contributed by atoms with Gasteiger partial charge in [0.2, 0.25) is 5.16 Å². The third-order valence-corrected chi connectivity index (χ3v) is 6.10. The highest BCUT2D eigenvalue weighted by atomic mass is 35.5. The summed E-state index contributed by atoms with van der Waals surface area (Å²) in [6.45, 7) is 0.416. The topological polar surface area (TPSA) is 52.3 Å². The first-order valence-corrected chi connectivity index (χ1v) is 11.2. The summed E-state index contributed by atoms with van der Waals surface area (Å²) in [5, 5.41) is 14.7. The predicted molar refractivity (Wildman–Crippen MR) is 126 cm³/mol. The van der Waals surface area contributed by atoms with Crippen LogP contribution in [0.3, 0.4) is 0 Å². The zero-order chi connectivity index (χ0) is 21.5. The van der Waals surface area contributed by atoms with Crippen LogP contribution < -0.4 is 4.74 Å². The molecule has 0 unspecified atom stereocenters. The van der Waals surface area contributed by atoms with Crippen molar-refractivity contribution in [1.29, 1.82) is 0 Å². The fourth-order valence-electron chi connectivity index (χ4n) is 2.71. The molecule has 0 fully saturated rings. The van der Waals surface area contributed by atoms with E-state index >= 15 is 0 Å². The lowest BCUT2D eigenvalue weighted by Gasteiger charge is -2.07. The Kier molecular flexibility index (Phi) is 7.25. The quantitative estimate of drug-likeness (QED) is 0.223. The maximum Gasteiger partial charge on any atom is 0.212 e. The molecule has 0 amide bonds. The van der Waals surface area contributed by atoms with E-state index in [2.05, 4.69) is 15.3 Å². The molecule has 4 rings (SSSR count). The molecule has 4 aromatic rings. The SMILES string of the molecule is Clc1ccccc1COc1ccc(/C=N/n2cnnc2SCc2ccccc2Cl)cc1. The molecule has 0 radical (unpaired) electrons. The Balaban J connectivity index is 1.35. The van der Waals surface area contributed by atoms with Gasteiger partial charge in [0, 0.05) is 21.4 Å². The van der Waals surface area contributed by atoms with Crippen LogP contribution in [-0.2, 0) is 12.4 Å². The fraction of sp³-hybridized carbons (Fsp3) is 0.0870. The first kappa shape index (κ1) is 21.4. The molecule has 0 saturated heterocycles. The van der Waals surface area contributed by atoms with Crippen molar-refractivity contribution in [2.45, 2.75) is 17.5 Å². The van der Waals surface area contributed by atoms with Gasteiger partial charge < -0.3 is 4.74 Å². The Morgan fingerprint density at radius 3 is 2.29 bits per heavy atom. The van der Waals surface area contributed by atoms with Gasteiger partial charge in [-0.05, 0) is 47.5 Å². The van der Waals surface area contributed by atoms with Crippen molar-refractivity contribution in [2.24, 2.45) is 5.10 Å². The fourth-order valence-corrected chi connectivity index (χ4v) is 4.05. The number of rotatable bonds is 8. The minimum atomic E-state index is 0.416. The second-order valence-electron chi connectivity index (χ2n) is 6.53. The summed E-state index contributed by atoms with van der Waals surface area (Å²) >= 11 is 13.9. The van der Waals surface area contributed by atoms with E-state index in [1.54, 1.807) is 17.2 Å². The van der Waals surface area contributed by atoms with Crippen molar-refractivity contribution in [3.8, 4) is 5.75 Å². The number of nitrogens with zero attached hydrogens (tertiary/aromatic N) is 4. The number of hydrogen-bond acceptors (Lipinski definition) is 5. The molecule has 0 aliphatic carbocycles. The van der Waals surface area contributed by atoms with Gasteiger partial charge in [-0.1, -0.05) is 71.4 Å². The van der Waals surface area contributed by atoms with Gasteiger partial charge in [0.1, 0.15) is 18.7 Å². The minimum absolute atomic E-state index is 0.416. The molecule has 3 aromatic carbocycles. The second kappa shape index (κ2) is 10.5. The Morgan fingerprint density at radius 1 is 0.903 bits per heavy atom. The number of halogens is 2. The number of benzene rings is 3. The second-order valence-corrected chi connectivity index (χ2v) is 8.29. The van der Waals surface area contributed by atoms with Crippen molar-refractivity contribution in [2.75, 3.05) is 0 Å². The van der Waals surface area contributed by atoms with Crippen LogP contribution in [0.1, 0.15) is 16.7 Å². The average Bonchev–Trinajstić information content (AvgIpc) is 3.25. The van der Waals surface area contributed by atoms with Gasteiger partial charge in [-0.3, -0.25) is 0 Å². The highest BCUT2D eigenvalue weighted by molar-refractivity contribution is 7.98. The van der Waals surface area contributed by atoms with Crippen LogP contribution in [0.4, 0.5) is 0 Å². The lowest BCUT2D eigenvalue weighted by atomic mass is 10.2. The molecule has 0 saturated carbocycles. The van der Waals surface area contributed by atoms with Gasteiger partial charge in [0.15, 0.2) is 0 Å². The van der Waals surface area contributed by atoms with E-state index in [-0.39, 0.29) is 0 Å². The number of ether oxygens (including phenoxy) is 1. The lowest BCUT2D eigenvalue weighted by molar-refractivity contribution is 0.306. The van der Waals surface area contributed by atoms with Gasteiger partial charge in [0.25, 0.3) is 0 Å². The predicted octanol–water partition coefficient (Wildman–Crippen LogP) is 6.34. The standard InChI is InChI=1S/C23H18Cl2N4OS/c24-21-7-3-1-5-18(21)14-30-20-11-9-17(10-12-20)13-27-29-16-26-28-23(29)31-15-19-6-2-4-8-22(19)25/h1-13,16H,14-15H2/b27-13+. The molecule has 0 atom stereocenters. The molecule has 156 valence electrons. The zero-order valence-electron chi connectivity index (χ0n) is 16.4. The maximum atomic E-state index is 6.22. The Hall–Kier alpha value is -2.80. The first-order valence-electron chi connectivity index (χ1n) is 9.46. The summed E-state index contributed by atoms with van der Waals surface area (Å²) in [6, 6.07) is 23.1. The third kappa shape index (κ3) is 5.88. The molecule has 0 bridgehead atoms. The molecule has 0 spiro atoms. The summed E-state index contributed by atoms with van der Waals surface area (Å²) in [5.74, 6) is 1.45. The molecule has 0 aliphatic heterocycles. The number of hydrogen-bond donors (Lipinski definition) is 0. The monoisotopic (exact) mass is 468 g/mol. The van der Waals surface area contributed by atoms with Crippen LogP contribution in [0.25, 0.3) is 0 Å². The van der Waals surface area contributed by atoms with Crippen LogP contribution in [0, 0.1) is 0 Å². The Bertz CT molecular complexity index is 1180. The van der Waals surface area contributed by atoms with E-state index in [0.717, 1.165) is 27.5 Å². The van der Waals surface area contributed by atoms with Crippen molar-refractivity contribution in [3.63, 3.8) is 0 Å². The highest BCUT2D eigenvalue weighted by Crippen LogP contribution is 2.25. The minimum Gasteiger partial charge on any atom is -0.489 e. The van der Waals surface area contributed by atoms with Crippen LogP contribution in [0.15, 0.2) is 89.4 Å². The molecule has 1 aromatic heterocycles. The Labute approximate surface area is 194 Å². The summed E-state index contributed by atoms with van der Waals surface area (Å²) in [5.41, 5.74) is 2.92. The molecular formula is C23H18Cl2N4OS. The van der Waals surface area contributed by atoms with Crippen LogP contribution in [0.2, 0.25) is 10.0 Å². The molecule has 8 heteroatoms. The number of aromatic nitrogens is 3. The van der Waals surface area contributed by atoms with Crippen molar-refractivity contribution in [3.05, 3.63) is 106 Å². The summed E-state index contributed by atoms with van der Waals surface area (Å²) < 4.78 is 7.45. The summed E-state index contributed by atoms with van der Waals surface area (Å²) in [7, 11) is 0. The van der Waals surface area contributed by atoms with E-state index < -0.39 is 0 Å². The molecular weight excluding hydrogens is 451 g/mol. The van der Waals surface area contributed by atoms with Gasteiger partial charge in [-0.25, -0.2) is 0 Å². The van der Waals surface area contributed by atoms with E-state index in [1.807, 2.05) is 72.8 Å². The molecule has 0 N–H and O–H groups in total. The van der Waals surface area contributed by atoms with Crippen LogP contribution in [0.5, 0.6) is 5.75 Å². The number of thioether (sulfide) groups is 1. The van der Waals surface area contributed by atoms with Crippen molar-refractivity contribution >= 4 is 41.2 Å². The molecule has 1 heterocycles.